The van der Waals surface area contributed by atoms with Crippen molar-refractivity contribution >= 4 is 97.3 Å². The van der Waals surface area contributed by atoms with Crippen LogP contribution in [0.25, 0.3) is 114 Å². The predicted molar refractivity (Wildman–Crippen MR) is 215 cm³/mol. The number of aromatic nitrogens is 3. The lowest BCUT2D eigenvalue weighted by molar-refractivity contribution is 0.668. The molecule has 5 aromatic heterocycles. The summed E-state index contributed by atoms with van der Waals surface area (Å²) in [6.07, 6.45) is 0. The molecule has 5 heterocycles. The van der Waals surface area contributed by atoms with Gasteiger partial charge in [-0.15, -0.1) is 11.3 Å². The maximum absolute atomic E-state index is 6.36. The minimum absolute atomic E-state index is 0.651. The summed E-state index contributed by atoms with van der Waals surface area (Å²) in [5.41, 5.74) is 10.6. The fraction of sp³-hybridized carbons (Fsp3) is 0. The second kappa shape index (κ2) is 10.4. The fourth-order valence-electron chi connectivity index (χ4n) is 8.02. The van der Waals surface area contributed by atoms with Crippen molar-refractivity contribution in [1.82, 2.24) is 14.5 Å². The van der Waals surface area contributed by atoms with Gasteiger partial charge in [0.05, 0.1) is 26.9 Å². The summed E-state index contributed by atoms with van der Waals surface area (Å²) in [5, 5.41) is 7.92. The van der Waals surface area contributed by atoms with E-state index in [1.807, 2.05) is 30.3 Å². The predicted octanol–water partition coefficient (Wildman–Crippen LogP) is 13.1. The van der Waals surface area contributed by atoms with Crippen LogP contribution in [0.15, 0.2) is 160 Å². The molecule has 0 bridgehead atoms. The monoisotopic (exact) mass is 683 g/mol. The van der Waals surface area contributed by atoms with E-state index in [1.54, 1.807) is 11.3 Å². The van der Waals surface area contributed by atoms with Crippen molar-refractivity contribution in [1.29, 1.82) is 0 Å². The Hall–Kier alpha value is -6.76. The minimum atomic E-state index is 0.651. The highest BCUT2D eigenvalue weighted by molar-refractivity contribution is 7.26. The lowest BCUT2D eigenvalue weighted by atomic mass is 10.1. The first-order chi connectivity index (χ1) is 25.7. The first kappa shape index (κ1) is 28.0. The van der Waals surface area contributed by atoms with Crippen molar-refractivity contribution in [3.8, 4) is 28.3 Å². The van der Waals surface area contributed by atoms with Crippen molar-refractivity contribution in [2.45, 2.75) is 0 Å². The Labute approximate surface area is 299 Å². The molecule has 12 rings (SSSR count). The van der Waals surface area contributed by atoms with E-state index in [-0.39, 0.29) is 0 Å². The maximum Gasteiger partial charge on any atom is 0.160 e. The largest absolute Gasteiger partial charge is 0.456 e. The van der Waals surface area contributed by atoms with E-state index in [4.69, 9.17) is 18.8 Å². The van der Waals surface area contributed by atoms with Gasteiger partial charge in [0, 0.05) is 59.2 Å². The summed E-state index contributed by atoms with van der Waals surface area (Å²) in [6, 6.07) is 53.0. The van der Waals surface area contributed by atoms with Crippen molar-refractivity contribution in [3.05, 3.63) is 152 Å². The molecule has 5 nitrogen and oxygen atoms in total. The smallest absolute Gasteiger partial charge is 0.160 e. The third-order valence-electron chi connectivity index (χ3n) is 10.4. The molecule has 12 aromatic rings. The molecule has 0 unspecified atom stereocenters. The van der Waals surface area contributed by atoms with E-state index in [1.165, 1.54) is 21.0 Å². The van der Waals surface area contributed by atoms with Crippen molar-refractivity contribution in [2.24, 2.45) is 0 Å². The van der Waals surface area contributed by atoms with Crippen molar-refractivity contribution < 1.29 is 8.83 Å². The van der Waals surface area contributed by atoms with Gasteiger partial charge in [-0.2, -0.15) is 0 Å². The third-order valence-corrected chi connectivity index (χ3v) is 11.6. The van der Waals surface area contributed by atoms with Gasteiger partial charge in [0.25, 0.3) is 0 Å². The van der Waals surface area contributed by atoms with Crippen LogP contribution in [-0.4, -0.2) is 14.5 Å². The number of nitrogens with zero attached hydrogens (tertiary/aromatic N) is 3. The number of hydrogen-bond donors (Lipinski definition) is 0. The highest BCUT2D eigenvalue weighted by atomic mass is 32.1. The molecule has 6 heteroatoms. The Bertz CT molecular complexity index is 3420. The summed E-state index contributed by atoms with van der Waals surface area (Å²) in [6.45, 7) is 0. The highest BCUT2D eigenvalue weighted by Gasteiger charge is 2.21. The normalized spacial score (nSPS) is 12.2. The molecule has 0 aliphatic heterocycles. The zero-order chi connectivity index (χ0) is 33.9. The topological polar surface area (TPSA) is 57.0 Å². The van der Waals surface area contributed by atoms with Crippen LogP contribution in [0.2, 0.25) is 0 Å². The lowest BCUT2D eigenvalue weighted by Gasteiger charge is -2.08. The zero-order valence-corrected chi connectivity index (χ0v) is 28.3. The molecule has 0 N–H and O–H groups in total. The molecular weight excluding hydrogens is 659 g/mol. The summed E-state index contributed by atoms with van der Waals surface area (Å²) in [7, 11) is 0. The molecule has 52 heavy (non-hydrogen) atoms. The first-order valence-electron chi connectivity index (χ1n) is 17.3. The molecule has 242 valence electrons. The second-order valence-corrected chi connectivity index (χ2v) is 14.4. The average Bonchev–Trinajstić information content (AvgIpc) is 3.95. The van der Waals surface area contributed by atoms with Gasteiger partial charge in [0.2, 0.25) is 0 Å². The van der Waals surface area contributed by atoms with Crippen LogP contribution >= 0.6 is 11.3 Å². The SMILES string of the molecule is c1ccc(-n2c3ccccc3c3cc4sc5c(-c6ccc7c(c6)oc6ccccc67)nc(-c6ccc7c(c6)oc6ccccc67)nc5c4cc32)cc1. The number of thiophene rings is 1. The second-order valence-electron chi connectivity index (χ2n) is 13.3. The zero-order valence-electron chi connectivity index (χ0n) is 27.5. The van der Waals surface area contributed by atoms with Gasteiger partial charge < -0.3 is 13.4 Å². The number of benzene rings is 7. The van der Waals surface area contributed by atoms with Crippen molar-refractivity contribution in [3.63, 3.8) is 0 Å². The summed E-state index contributed by atoms with van der Waals surface area (Å²) in [4.78, 5) is 10.7. The summed E-state index contributed by atoms with van der Waals surface area (Å²) in [5.74, 6) is 0.651. The minimum Gasteiger partial charge on any atom is -0.456 e. The first-order valence-corrected chi connectivity index (χ1v) is 18.1. The summed E-state index contributed by atoms with van der Waals surface area (Å²) < 4.78 is 17.2. The number of para-hydroxylation sites is 4. The number of hydrogen-bond acceptors (Lipinski definition) is 5. The van der Waals surface area contributed by atoms with Crippen LogP contribution in [0, 0.1) is 0 Å². The average molecular weight is 684 g/mol. The van der Waals surface area contributed by atoms with Gasteiger partial charge in [-0.3, -0.25) is 0 Å². The van der Waals surface area contributed by atoms with Gasteiger partial charge in [-0.25, -0.2) is 9.97 Å². The van der Waals surface area contributed by atoms with Gasteiger partial charge in [0.15, 0.2) is 5.82 Å². The quantitative estimate of drug-likeness (QED) is 0.186. The number of rotatable bonds is 3. The molecule has 0 amide bonds. The molecule has 0 aliphatic carbocycles. The molecule has 0 radical (unpaired) electrons. The van der Waals surface area contributed by atoms with Gasteiger partial charge >= 0.3 is 0 Å². The molecule has 0 saturated heterocycles. The van der Waals surface area contributed by atoms with E-state index < -0.39 is 0 Å². The molecule has 0 aliphatic rings. The molecule has 0 saturated carbocycles. The molecule has 0 fully saturated rings. The fourth-order valence-corrected chi connectivity index (χ4v) is 9.20. The van der Waals surface area contributed by atoms with Gasteiger partial charge in [0.1, 0.15) is 22.3 Å². The van der Waals surface area contributed by atoms with Crippen LogP contribution in [0.5, 0.6) is 0 Å². The highest BCUT2D eigenvalue weighted by Crippen LogP contribution is 2.44. The van der Waals surface area contributed by atoms with Gasteiger partial charge in [-0.1, -0.05) is 84.9 Å². The van der Waals surface area contributed by atoms with Crippen LogP contribution in [-0.2, 0) is 0 Å². The van der Waals surface area contributed by atoms with Crippen LogP contribution in [0.1, 0.15) is 0 Å². The molecular formula is C46H25N3O2S. The van der Waals surface area contributed by atoms with E-state index in [2.05, 4.69) is 126 Å². The lowest BCUT2D eigenvalue weighted by Crippen LogP contribution is -1.94. The standard InChI is InChI=1S/C46H25N3O2S/c1-2-10-28(11-3-1)49-36-15-7-4-12-29(36)34-25-42-35(24-37(34)49)44-45(52-42)43(26-18-20-32-30-13-5-8-16-38(30)50-40(32)22-26)47-46(48-44)27-19-21-33-31-14-6-9-17-39(31)51-41(33)23-27/h1-25H. The van der Waals surface area contributed by atoms with E-state index >= 15 is 0 Å². The Balaban J connectivity index is 1.16. The van der Waals surface area contributed by atoms with Crippen LogP contribution in [0.4, 0.5) is 0 Å². The van der Waals surface area contributed by atoms with Crippen LogP contribution < -0.4 is 0 Å². The Morgan fingerprint density at radius 1 is 0.442 bits per heavy atom. The van der Waals surface area contributed by atoms with Crippen LogP contribution in [0.3, 0.4) is 0 Å². The molecule has 0 spiro atoms. The van der Waals surface area contributed by atoms with E-state index in [9.17, 15) is 0 Å². The van der Waals surface area contributed by atoms with Crippen molar-refractivity contribution in [2.75, 3.05) is 0 Å². The maximum atomic E-state index is 6.36. The summed E-state index contributed by atoms with van der Waals surface area (Å²) >= 11 is 1.75. The molecule has 7 aromatic carbocycles. The van der Waals surface area contributed by atoms with E-state index in [0.29, 0.717) is 5.82 Å². The third kappa shape index (κ3) is 3.92. The number of fused-ring (bicyclic) bond motifs is 12. The Morgan fingerprint density at radius 3 is 1.81 bits per heavy atom. The number of furan rings is 2. The van der Waals surface area contributed by atoms with E-state index in [0.717, 1.165) is 87.5 Å². The van der Waals surface area contributed by atoms with Gasteiger partial charge in [-0.05, 0) is 66.7 Å². The Morgan fingerprint density at radius 2 is 1.06 bits per heavy atom. The molecule has 0 atom stereocenters. The Kier molecular flexibility index (Phi) is 5.59.